The second kappa shape index (κ2) is 8.39. The monoisotopic (exact) mass is 447 g/mol. The van der Waals surface area contributed by atoms with Gasteiger partial charge in [0.2, 0.25) is 5.91 Å². The Morgan fingerprint density at radius 3 is 2.59 bits per heavy atom. The van der Waals surface area contributed by atoms with E-state index in [0.29, 0.717) is 21.9 Å². The minimum absolute atomic E-state index is 0.0124. The fourth-order valence-electron chi connectivity index (χ4n) is 3.55. The molecule has 0 aliphatic rings. The lowest BCUT2D eigenvalue weighted by molar-refractivity contribution is -0.116. The summed E-state index contributed by atoms with van der Waals surface area (Å²) >= 11 is 1.10. The largest absolute Gasteiger partial charge is 0.478 e. The van der Waals surface area contributed by atoms with Gasteiger partial charge in [0, 0.05) is 16.6 Å². The Bertz CT molecular complexity index is 1440. The molecule has 0 aliphatic heterocycles. The predicted octanol–water partition coefficient (Wildman–Crippen LogP) is 4.39. The highest BCUT2D eigenvalue weighted by Gasteiger charge is 2.22. The van der Waals surface area contributed by atoms with Gasteiger partial charge in [-0.15, -0.1) is 11.3 Å². The number of thiophene rings is 1. The van der Waals surface area contributed by atoms with Crippen LogP contribution in [0.2, 0.25) is 0 Å². The fraction of sp³-hybridized carbons (Fsp3) is 0.167. The molecule has 0 atom stereocenters. The van der Waals surface area contributed by atoms with Crippen molar-refractivity contribution in [2.45, 2.75) is 27.3 Å². The van der Waals surface area contributed by atoms with Crippen LogP contribution < -0.4 is 10.9 Å². The molecule has 2 aromatic heterocycles. The van der Waals surface area contributed by atoms with E-state index in [9.17, 15) is 19.5 Å². The molecule has 0 aliphatic carbocycles. The minimum atomic E-state index is -1.20. The average molecular weight is 448 g/mol. The third-order valence-corrected chi connectivity index (χ3v) is 6.25. The van der Waals surface area contributed by atoms with E-state index < -0.39 is 17.4 Å². The van der Waals surface area contributed by atoms with Crippen LogP contribution in [0, 0.1) is 20.8 Å². The fourth-order valence-corrected chi connectivity index (χ4v) is 4.46. The van der Waals surface area contributed by atoms with E-state index in [4.69, 9.17) is 0 Å². The predicted molar refractivity (Wildman–Crippen MR) is 126 cm³/mol. The number of carbonyl (C=O) groups excluding carboxylic acids is 1. The summed E-state index contributed by atoms with van der Waals surface area (Å²) in [5.41, 5.74) is 3.62. The number of nitrogens with one attached hydrogen (secondary N) is 1. The molecule has 2 heterocycles. The number of rotatable bonds is 5. The van der Waals surface area contributed by atoms with Crippen LogP contribution in [0.15, 0.2) is 52.6 Å². The van der Waals surface area contributed by atoms with Crippen molar-refractivity contribution >= 4 is 39.1 Å². The first-order valence-electron chi connectivity index (χ1n) is 9.94. The second-order valence-corrected chi connectivity index (χ2v) is 8.48. The van der Waals surface area contributed by atoms with Gasteiger partial charge in [-0.3, -0.25) is 14.2 Å². The maximum absolute atomic E-state index is 13.4. The van der Waals surface area contributed by atoms with Crippen LogP contribution in [-0.2, 0) is 11.3 Å². The Morgan fingerprint density at radius 1 is 1.12 bits per heavy atom. The highest BCUT2D eigenvalue weighted by molar-refractivity contribution is 7.17. The molecule has 0 saturated carbocycles. The van der Waals surface area contributed by atoms with Gasteiger partial charge in [-0.05, 0) is 44.0 Å². The van der Waals surface area contributed by atoms with Gasteiger partial charge in [0.1, 0.15) is 17.2 Å². The average Bonchev–Trinajstić information content (AvgIpc) is 3.18. The molecule has 0 unspecified atom stereocenters. The maximum Gasteiger partial charge on any atom is 0.337 e. The van der Waals surface area contributed by atoms with Crippen molar-refractivity contribution in [2.24, 2.45) is 0 Å². The lowest BCUT2D eigenvalue weighted by Crippen LogP contribution is -2.30. The number of hydrogen-bond acceptors (Lipinski definition) is 5. The van der Waals surface area contributed by atoms with Crippen LogP contribution in [0.3, 0.4) is 0 Å². The lowest BCUT2D eigenvalue weighted by Gasteiger charge is -2.15. The van der Waals surface area contributed by atoms with Crippen molar-refractivity contribution in [1.82, 2.24) is 9.55 Å². The van der Waals surface area contributed by atoms with Crippen molar-refractivity contribution in [3.63, 3.8) is 0 Å². The molecule has 8 heteroatoms. The summed E-state index contributed by atoms with van der Waals surface area (Å²) in [5.74, 6) is -1.28. The van der Waals surface area contributed by atoms with Crippen LogP contribution in [0.1, 0.15) is 27.0 Å². The van der Waals surface area contributed by atoms with Gasteiger partial charge >= 0.3 is 5.97 Å². The van der Waals surface area contributed by atoms with Crippen molar-refractivity contribution in [3.8, 4) is 11.4 Å². The topological polar surface area (TPSA) is 101 Å². The number of aromatic nitrogens is 2. The number of carbonyl (C=O) groups is 2. The molecule has 7 nitrogen and oxygen atoms in total. The molecule has 0 fully saturated rings. The highest BCUT2D eigenvalue weighted by atomic mass is 32.1. The molecule has 4 aromatic rings. The van der Waals surface area contributed by atoms with E-state index in [1.54, 1.807) is 6.07 Å². The van der Waals surface area contributed by atoms with Crippen LogP contribution >= 0.6 is 11.3 Å². The molecule has 2 aromatic carbocycles. The first-order chi connectivity index (χ1) is 15.3. The summed E-state index contributed by atoms with van der Waals surface area (Å²) in [5, 5.41) is 13.8. The number of nitrogens with zero attached hydrogens (tertiary/aromatic N) is 2. The highest BCUT2D eigenvalue weighted by Crippen LogP contribution is 2.26. The summed E-state index contributed by atoms with van der Waals surface area (Å²) in [7, 11) is 0. The van der Waals surface area contributed by atoms with Gasteiger partial charge in [-0.2, -0.15) is 0 Å². The molecule has 32 heavy (non-hydrogen) atoms. The van der Waals surface area contributed by atoms with Gasteiger partial charge < -0.3 is 10.4 Å². The zero-order chi connectivity index (χ0) is 23.0. The molecule has 4 rings (SSSR count). The van der Waals surface area contributed by atoms with Crippen molar-refractivity contribution in [3.05, 3.63) is 80.5 Å². The molecular weight excluding hydrogens is 426 g/mol. The standard InChI is InChI=1S/C24H21N3O4S/c1-13-6-4-8-16(10-13)21-26-22-20(17(12-32-22)24(30)31)23(29)27(21)11-19(28)25-18-9-5-7-14(2)15(18)3/h4-10,12H,11H2,1-3H3,(H,25,28)(H,30,31). The molecule has 162 valence electrons. The van der Waals surface area contributed by atoms with Crippen molar-refractivity contribution < 1.29 is 14.7 Å². The lowest BCUT2D eigenvalue weighted by atomic mass is 10.1. The van der Waals surface area contributed by atoms with E-state index in [1.165, 1.54) is 9.95 Å². The summed E-state index contributed by atoms with van der Waals surface area (Å²) in [4.78, 5) is 42.9. The Kier molecular flexibility index (Phi) is 5.63. The summed E-state index contributed by atoms with van der Waals surface area (Å²) in [6, 6.07) is 13.1. The molecule has 0 spiro atoms. The molecule has 1 amide bonds. The first-order valence-corrected chi connectivity index (χ1v) is 10.8. The molecule has 0 saturated heterocycles. The third kappa shape index (κ3) is 3.92. The Balaban J connectivity index is 1.84. The number of carboxylic acids is 1. The molecule has 0 bridgehead atoms. The normalized spacial score (nSPS) is 11.0. The van der Waals surface area contributed by atoms with Gasteiger partial charge in [-0.25, -0.2) is 9.78 Å². The van der Waals surface area contributed by atoms with E-state index in [1.807, 2.05) is 57.2 Å². The second-order valence-electron chi connectivity index (χ2n) is 7.63. The van der Waals surface area contributed by atoms with Gasteiger partial charge in [0.15, 0.2) is 0 Å². The molecule has 0 radical (unpaired) electrons. The number of hydrogen-bond donors (Lipinski definition) is 2. The first kappa shape index (κ1) is 21.5. The zero-order valence-electron chi connectivity index (χ0n) is 17.8. The van der Waals surface area contributed by atoms with E-state index >= 15 is 0 Å². The minimum Gasteiger partial charge on any atom is -0.478 e. The van der Waals surface area contributed by atoms with Gasteiger partial charge in [0.25, 0.3) is 5.56 Å². The number of amides is 1. The van der Waals surface area contributed by atoms with Crippen LogP contribution in [0.4, 0.5) is 5.69 Å². The number of aromatic carboxylic acids is 1. The number of carboxylic acid groups (broad SMARTS) is 1. The number of aryl methyl sites for hydroxylation is 2. The Labute approximate surface area is 188 Å². The summed E-state index contributed by atoms with van der Waals surface area (Å²) < 4.78 is 1.25. The number of fused-ring (bicyclic) bond motifs is 1. The van der Waals surface area contributed by atoms with E-state index in [2.05, 4.69) is 10.3 Å². The van der Waals surface area contributed by atoms with Crippen molar-refractivity contribution in [1.29, 1.82) is 0 Å². The summed E-state index contributed by atoms with van der Waals surface area (Å²) in [6.45, 7) is 5.49. The van der Waals surface area contributed by atoms with Crippen LogP contribution in [0.25, 0.3) is 21.6 Å². The zero-order valence-corrected chi connectivity index (χ0v) is 18.6. The van der Waals surface area contributed by atoms with Crippen LogP contribution in [0.5, 0.6) is 0 Å². The van der Waals surface area contributed by atoms with Crippen LogP contribution in [-0.4, -0.2) is 26.5 Å². The Morgan fingerprint density at radius 2 is 1.88 bits per heavy atom. The number of benzene rings is 2. The third-order valence-electron chi connectivity index (χ3n) is 5.38. The van der Waals surface area contributed by atoms with Crippen molar-refractivity contribution in [2.75, 3.05) is 5.32 Å². The number of anilines is 1. The quantitative estimate of drug-likeness (QED) is 0.473. The van der Waals surface area contributed by atoms with Gasteiger partial charge in [0.05, 0.1) is 10.9 Å². The van der Waals surface area contributed by atoms with Gasteiger partial charge in [-0.1, -0.05) is 35.9 Å². The smallest absolute Gasteiger partial charge is 0.337 e. The SMILES string of the molecule is Cc1cccc(-c2nc3scc(C(=O)O)c3c(=O)n2CC(=O)Nc2cccc(C)c2C)c1. The molecule has 2 N–H and O–H groups in total. The summed E-state index contributed by atoms with van der Waals surface area (Å²) in [6.07, 6.45) is 0. The molecular formula is C24H21N3O4S. The Hall–Kier alpha value is -3.78. The van der Waals surface area contributed by atoms with E-state index in [-0.39, 0.29) is 17.5 Å². The van der Waals surface area contributed by atoms with E-state index in [0.717, 1.165) is 28.0 Å². The maximum atomic E-state index is 13.4.